The molecule has 21 heavy (non-hydrogen) atoms. The quantitative estimate of drug-likeness (QED) is 0.741. The maximum Gasteiger partial charge on any atom is 0.241 e. The van der Waals surface area contributed by atoms with Gasteiger partial charge in [-0.1, -0.05) is 12.1 Å². The smallest absolute Gasteiger partial charge is 0.241 e. The summed E-state index contributed by atoms with van der Waals surface area (Å²) in [6.07, 6.45) is 3.82. The third kappa shape index (κ3) is 3.98. The summed E-state index contributed by atoms with van der Waals surface area (Å²) in [4.78, 5) is 1.09. The van der Waals surface area contributed by atoms with Crippen LogP contribution in [-0.4, -0.2) is 47.0 Å². The maximum absolute atomic E-state index is 12.5. The van der Waals surface area contributed by atoms with Gasteiger partial charge in [-0.25, -0.2) is 13.1 Å². The molecule has 1 aliphatic rings. The average Bonchev–Trinajstić information content (AvgIpc) is 2.95. The van der Waals surface area contributed by atoms with Crippen LogP contribution in [0.3, 0.4) is 0 Å². The highest BCUT2D eigenvalue weighted by Gasteiger charge is 2.35. The second kappa shape index (κ2) is 7.11. The van der Waals surface area contributed by atoms with Gasteiger partial charge in [0.05, 0.1) is 17.0 Å². The Labute approximate surface area is 130 Å². The van der Waals surface area contributed by atoms with Gasteiger partial charge in [-0.15, -0.1) is 11.8 Å². The summed E-state index contributed by atoms with van der Waals surface area (Å²) in [5, 5.41) is 3.37. The van der Waals surface area contributed by atoms with Crippen molar-refractivity contribution in [1.82, 2.24) is 10.0 Å². The minimum atomic E-state index is -3.51. The van der Waals surface area contributed by atoms with Gasteiger partial charge in [-0.2, -0.15) is 0 Å². The molecule has 2 N–H and O–H groups in total. The monoisotopic (exact) mass is 330 g/mol. The van der Waals surface area contributed by atoms with E-state index < -0.39 is 10.0 Å². The predicted octanol–water partition coefficient (Wildman–Crippen LogP) is 1.46. The first-order chi connectivity index (χ1) is 10.0. The molecule has 2 rings (SSSR count). The summed E-state index contributed by atoms with van der Waals surface area (Å²) in [6, 6.07) is 7.04. The Hall–Kier alpha value is -0.600. The molecule has 1 aliphatic heterocycles. The molecular formula is C14H22N2O3S2. The number of hydrogen-bond donors (Lipinski definition) is 2. The highest BCUT2D eigenvalue weighted by Crippen LogP contribution is 2.25. The van der Waals surface area contributed by atoms with Crippen molar-refractivity contribution in [2.24, 2.45) is 0 Å². The van der Waals surface area contributed by atoms with Crippen LogP contribution in [-0.2, 0) is 14.8 Å². The van der Waals surface area contributed by atoms with E-state index in [1.165, 1.54) is 11.8 Å². The molecule has 7 heteroatoms. The van der Waals surface area contributed by atoms with Crippen LogP contribution < -0.4 is 10.0 Å². The summed E-state index contributed by atoms with van der Waals surface area (Å²) in [6.45, 7) is 1.73. The zero-order chi connectivity index (χ0) is 15.3. The fraction of sp³-hybridized carbons (Fsp3) is 0.571. The number of nitrogens with one attached hydrogen (secondary N) is 2. The van der Waals surface area contributed by atoms with Crippen LogP contribution in [0.5, 0.6) is 0 Å². The van der Waals surface area contributed by atoms with Crippen molar-refractivity contribution in [3.63, 3.8) is 0 Å². The summed E-state index contributed by atoms with van der Waals surface area (Å²) < 4.78 is 33.0. The van der Waals surface area contributed by atoms with Gasteiger partial charge < -0.3 is 10.1 Å². The Morgan fingerprint density at radius 2 is 2.19 bits per heavy atom. The second-order valence-corrected chi connectivity index (χ2v) is 7.80. The van der Waals surface area contributed by atoms with Crippen LogP contribution in [0.25, 0.3) is 0 Å². The highest BCUT2D eigenvalue weighted by molar-refractivity contribution is 7.99. The Morgan fingerprint density at radius 3 is 2.81 bits per heavy atom. The molecule has 118 valence electrons. The van der Waals surface area contributed by atoms with Gasteiger partial charge in [0.1, 0.15) is 0 Å². The van der Waals surface area contributed by atoms with Gasteiger partial charge in [-0.05, 0) is 37.8 Å². The topological polar surface area (TPSA) is 67.4 Å². The lowest BCUT2D eigenvalue weighted by atomic mass is 9.99. The third-order valence-corrected chi connectivity index (χ3v) is 6.10. The molecule has 0 aliphatic carbocycles. The second-order valence-electron chi connectivity index (χ2n) is 5.22. The molecule has 5 nitrogen and oxygen atoms in total. The fourth-order valence-electron chi connectivity index (χ4n) is 2.62. The van der Waals surface area contributed by atoms with E-state index in [2.05, 4.69) is 10.0 Å². The van der Waals surface area contributed by atoms with Crippen molar-refractivity contribution in [2.45, 2.75) is 28.2 Å². The van der Waals surface area contributed by atoms with Gasteiger partial charge in [-0.3, -0.25) is 0 Å². The molecule has 1 unspecified atom stereocenters. The van der Waals surface area contributed by atoms with Crippen LogP contribution in [0.15, 0.2) is 34.1 Å². The zero-order valence-electron chi connectivity index (χ0n) is 12.4. The average molecular weight is 330 g/mol. The Bertz CT molecular complexity index is 569. The highest BCUT2D eigenvalue weighted by atomic mass is 32.2. The minimum absolute atomic E-state index is 0.296. The van der Waals surface area contributed by atoms with Gasteiger partial charge in [0.25, 0.3) is 0 Å². The van der Waals surface area contributed by atoms with E-state index in [0.29, 0.717) is 18.0 Å². The normalized spacial score (nSPS) is 22.6. The van der Waals surface area contributed by atoms with Gasteiger partial charge in [0.2, 0.25) is 10.0 Å². The molecule has 0 radical (unpaired) electrons. The van der Waals surface area contributed by atoms with Crippen molar-refractivity contribution in [3.8, 4) is 0 Å². The molecule has 0 amide bonds. The number of rotatable bonds is 7. The number of thioether (sulfide) groups is 1. The van der Waals surface area contributed by atoms with Crippen molar-refractivity contribution < 1.29 is 13.2 Å². The van der Waals surface area contributed by atoms with Crippen molar-refractivity contribution in [1.29, 1.82) is 0 Å². The SMILES string of the molecule is COCC1(CNS(=O)(=O)c2ccccc2SC)CCCN1. The lowest BCUT2D eigenvalue weighted by Gasteiger charge is -2.29. The summed E-state index contributed by atoms with van der Waals surface area (Å²) in [5.74, 6) is 0. The Morgan fingerprint density at radius 1 is 1.43 bits per heavy atom. The van der Waals surface area contributed by atoms with Crippen LogP contribution in [0.2, 0.25) is 0 Å². The Kier molecular flexibility index (Phi) is 5.67. The number of hydrogen-bond acceptors (Lipinski definition) is 5. The number of sulfonamides is 1. The van der Waals surface area contributed by atoms with E-state index in [-0.39, 0.29) is 5.54 Å². The van der Waals surface area contributed by atoms with Gasteiger partial charge in [0, 0.05) is 18.6 Å². The summed E-state index contributed by atoms with van der Waals surface area (Å²) in [5.41, 5.74) is -0.296. The first kappa shape index (κ1) is 16.8. The van der Waals surface area contributed by atoms with E-state index in [1.807, 2.05) is 18.4 Å². The largest absolute Gasteiger partial charge is 0.383 e. The predicted molar refractivity (Wildman–Crippen MR) is 85.3 cm³/mol. The van der Waals surface area contributed by atoms with E-state index in [1.54, 1.807) is 19.2 Å². The fourth-order valence-corrected chi connectivity index (χ4v) is 4.90. The molecule has 0 spiro atoms. The number of ether oxygens (including phenoxy) is 1. The first-order valence-electron chi connectivity index (χ1n) is 6.90. The lowest BCUT2D eigenvalue weighted by Crippen LogP contribution is -2.52. The summed E-state index contributed by atoms with van der Waals surface area (Å²) >= 11 is 1.43. The molecule has 1 saturated heterocycles. The van der Waals surface area contributed by atoms with Crippen molar-refractivity contribution in [2.75, 3.05) is 33.1 Å². The van der Waals surface area contributed by atoms with Crippen LogP contribution in [0.4, 0.5) is 0 Å². The maximum atomic E-state index is 12.5. The molecule has 1 aromatic rings. The molecule has 1 heterocycles. The van der Waals surface area contributed by atoms with Crippen LogP contribution in [0.1, 0.15) is 12.8 Å². The van der Waals surface area contributed by atoms with E-state index in [9.17, 15) is 8.42 Å². The molecule has 1 atom stereocenters. The van der Waals surface area contributed by atoms with Gasteiger partial charge >= 0.3 is 0 Å². The number of methoxy groups -OCH3 is 1. The molecule has 0 aromatic heterocycles. The van der Waals surface area contributed by atoms with E-state index >= 15 is 0 Å². The van der Waals surface area contributed by atoms with Crippen molar-refractivity contribution >= 4 is 21.8 Å². The lowest BCUT2D eigenvalue weighted by molar-refractivity contribution is 0.122. The minimum Gasteiger partial charge on any atom is -0.383 e. The van der Waals surface area contributed by atoms with Crippen molar-refractivity contribution in [3.05, 3.63) is 24.3 Å². The van der Waals surface area contributed by atoms with E-state index in [0.717, 1.165) is 24.3 Å². The summed E-state index contributed by atoms with van der Waals surface area (Å²) in [7, 11) is -1.88. The van der Waals surface area contributed by atoms with Gasteiger partial charge in [0.15, 0.2) is 0 Å². The molecule has 1 aromatic carbocycles. The van der Waals surface area contributed by atoms with E-state index in [4.69, 9.17) is 4.74 Å². The number of benzene rings is 1. The van der Waals surface area contributed by atoms with Crippen LogP contribution >= 0.6 is 11.8 Å². The zero-order valence-corrected chi connectivity index (χ0v) is 14.0. The molecule has 0 bridgehead atoms. The molecular weight excluding hydrogens is 308 g/mol. The standard InChI is InChI=1S/C14H22N2O3S2/c1-19-11-14(8-5-9-15-14)10-16-21(17,18)13-7-4-3-6-12(13)20-2/h3-4,6-7,15-16H,5,8-11H2,1-2H3. The molecule has 1 fully saturated rings. The third-order valence-electron chi connectivity index (χ3n) is 3.71. The first-order valence-corrected chi connectivity index (χ1v) is 9.60. The molecule has 0 saturated carbocycles. The van der Waals surface area contributed by atoms with Crippen LogP contribution in [0, 0.1) is 0 Å². The Balaban J connectivity index is 2.14.